The molecule has 4 aliphatic rings. The third-order valence-corrected chi connectivity index (χ3v) is 13.6. The fourth-order valence-corrected chi connectivity index (χ4v) is 10.6. The second-order valence-electron chi connectivity index (χ2n) is 16.8. The Morgan fingerprint density at radius 3 is 2.39 bits per heavy atom. The molecule has 46 heavy (non-hydrogen) atoms. The summed E-state index contributed by atoms with van der Waals surface area (Å²) >= 11 is 0. The van der Waals surface area contributed by atoms with E-state index in [1.165, 1.54) is 37.7 Å². The molecule has 0 saturated heterocycles. The number of hydrogen-bond donors (Lipinski definition) is 1. The van der Waals surface area contributed by atoms with E-state index in [0.717, 1.165) is 43.4 Å². The van der Waals surface area contributed by atoms with Crippen molar-refractivity contribution in [2.24, 2.45) is 52.3 Å². The van der Waals surface area contributed by atoms with Crippen LogP contribution >= 0.6 is 7.82 Å². The number of fused-ring (bicyclic) bond motifs is 5. The quantitative estimate of drug-likeness (QED) is 0.0857. The van der Waals surface area contributed by atoms with Crippen molar-refractivity contribution in [3.63, 3.8) is 0 Å². The van der Waals surface area contributed by atoms with Crippen LogP contribution in [0.25, 0.3) is 0 Å². The number of allylic oxidation sites excluding steroid dienone is 3. The Kier molecular flexibility index (Phi) is 13.4. The van der Waals surface area contributed by atoms with Crippen molar-refractivity contribution in [1.82, 2.24) is 0 Å². The van der Waals surface area contributed by atoms with E-state index in [0.29, 0.717) is 40.1 Å². The fourth-order valence-electron chi connectivity index (χ4n) is 9.87. The van der Waals surface area contributed by atoms with Crippen LogP contribution in [-0.4, -0.2) is 67.8 Å². The van der Waals surface area contributed by atoms with Gasteiger partial charge in [-0.3, -0.25) is 13.8 Å². The van der Waals surface area contributed by atoms with Crippen LogP contribution in [0.15, 0.2) is 23.8 Å². The highest BCUT2D eigenvalue weighted by atomic mass is 31.2. The molecule has 3 fully saturated rings. The van der Waals surface area contributed by atoms with Crippen molar-refractivity contribution in [3.05, 3.63) is 23.8 Å². The second kappa shape index (κ2) is 15.7. The Balaban J connectivity index is 0.00000576. The number of hydrogen-bond acceptors (Lipinski definition) is 6. The summed E-state index contributed by atoms with van der Waals surface area (Å²) in [7, 11) is 1.74. The topological polar surface area (TPSA) is 112 Å². The summed E-state index contributed by atoms with van der Waals surface area (Å²) in [6.45, 7) is 15.1. The van der Waals surface area contributed by atoms with Crippen LogP contribution in [0.1, 0.15) is 106 Å². The maximum Gasteiger partial charge on any atom is 0.472 e. The molecule has 266 valence electrons. The van der Waals surface area contributed by atoms with Crippen molar-refractivity contribution in [2.45, 2.75) is 112 Å². The number of quaternary nitrogens is 1. The van der Waals surface area contributed by atoms with E-state index in [4.69, 9.17) is 13.8 Å². The van der Waals surface area contributed by atoms with E-state index < -0.39 is 7.82 Å². The summed E-state index contributed by atoms with van der Waals surface area (Å²) in [4.78, 5) is 22.6. The molecule has 0 radical (unpaired) electrons. The van der Waals surface area contributed by atoms with Crippen molar-refractivity contribution in [2.75, 3.05) is 40.9 Å². The van der Waals surface area contributed by atoms with E-state index in [9.17, 15) is 14.3 Å². The molecule has 0 aromatic heterocycles. The normalized spacial score (nSPS) is 35.3. The van der Waals surface area contributed by atoms with Crippen LogP contribution < -0.4 is 0 Å². The molecule has 1 unspecified atom stereocenters. The predicted octanol–water partition coefficient (Wildman–Crippen LogP) is 8.40. The Bertz CT molecular complexity index is 1130. The van der Waals surface area contributed by atoms with Crippen LogP contribution in [0.4, 0.5) is 0 Å². The Morgan fingerprint density at radius 2 is 1.74 bits per heavy atom. The molecule has 0 aromatic rings. The largest absolute Gasteiger partial charge is 0.870 e. The lowest BCUT2D eigenvalue weighted by Gasteiger charge is -2.58. The zero-order valence-corrected chi connectivity index (χ0v) is 31.3. The maximum atomic E-state index is 12.6. The van der Waals surface area contributed by atoms with Crippen LogP contribution in [0.3, 0.4) is 0 Å². The molecule has 0 heterocycles. The van der Waals surface area contributed by atoms with Gasteiger partial charge in [0.1, 0.15) is 19.3 Å². The van der Waals surface area contributed by atoms with Gasteiger partial charge in [-0.1, -0.05) is 65.3 Å². The number of rotatable bonds is 14. The Hall–Kier alpha value is -1.02. The fraction of sp³-hybridized carbons (Fsp3) is 0.865. The molecule has 3 saturated carbocycles. The molecule has 0 amide bonds. The highest BCUT2D eigenvalue weighted by Gasteiger charge is 2.59. The van der Waals surface area contributed by atoms with Gasteiger partial charge in [0, 0.05) is 6.42 Å². The van der Waals surface area contributed by atoms with E-state index in [2.05, 4.69) is 59.8 Å². The first kappa shape index (κ1) is 39.4. The van der Waals surface area contributed by atoms with Crippen molar-refractivity contribution in [1.29, 1.82) is 0 Å². The number of carbonyl (C=O) groups excluding carboxylic acids is 1. The average Bonchev–Trinajstić information content (AvgIpc) is 3.29. The number of phosphoric ester groups is 1. The van der Waals surface area contributed by atoms with Crippen LogP contribution in [0.2, 0.25) is 0 Å². The van der Waals surface area contributed by atoms with E-state index in [1.54, 1.807) is 0 Å². The van der Waals surface area contributed by atoms with Crippen molar-refractivity contribution >= 4 is 13.8 Å². The SMILES string of the molecule is CC[C@H](C=C[C@@H](C)[C@H]1CC[C@H]2[C@@H]3CC=C4C[C@@H](OC(=O)CCOP(=O)(O)OCC[N+](C)(C)C)CC[C@]4(C)[C@H]3CC[C@]12C)C(C)C.[OH-]. The molecule has 0 bridgehead atoms. The highest BCUT2D eigenvalue weighted by molar-refractivity contribution is 7.47. The molecule has 4 rings (SSSR count). The number of esters is 1. The lowest BCUT2D eigenvalue weighted by molar-refractivity contribution is -0.870. The van der Waals surface area contributed by atoms with Gasteiger partial charge in [-0.25, -0.2) is 4.57 Å². The van der Waals surface area contributed by atoms with Gasteiger partial charge < -0.3 is 19.6 Å². The van der Waals surface area contributed by atoms with Gasteiger partial charge in [0.05, 0.1) is 34.2 Å². The summed E-state index contributed by atoms with van der Waals surface area (Å²) in [6, 6.07) is 0. The molecule has 8 nitrogen and oxygen atoms in total. The van der Waals surface area contributed by atoms with E-state index in [1.807, 2.05) is 21.1 Å². The van der Waals surface area contributed by atoms with E-state index in [-0.39, 0.29) is 42.6 Å². The first-order valence-corrected chi connectivity index (χ1v) is 19.5. The molecular formula is C37H66NO7P. The summed E-state index contributed by atoms with van der Waals surface area (Å²) in [5.74, 6) is 4.68. The maximum absolute atomic E-state index is 12.6. The number of nitrogens with zero attached hydrogens (tertiary/aromatic N) is 1. The highest BCUT2D eigenvalue weighted by Crippen LogP contribution is 2.67. The summed E-state index contributed by atoms with van der Waals surface area (Å²) in [6.07, 6.45) is 17.9. The molecular weight excluding hydrogens is 601 g/mol. The minimum Gasteiger partial charge on any atom is -0.870 e. The van der Waals surface area contributed by atoms with Gasteiger partial charge in [0.15, 0.2) is 0 Å². The van der Waals surface area contributed by atoms with Gasteiger partial charge in [0.25, 0.3) is 0 Å². The summed E-state index contributed by atoms with van der Waals surface area (Å²) in [5, 5.41) is 0. The van der Waals surface area contributed by atoms with Gasteiger partial charge in [-0.15, -0.1) is 0 Å². The molecule has 9 heteroatoms. The minimum absolute atomic E-state index is 0. The first-order chi connectivity index (χ1) is 21.0. The molecule has 2 N–H and O–H groups in total. The van der Waals surface area contributed by atoms with E-state index >= 15 is 0 Å². The average molecular weight is 668 g/mol. The Labute approximate surface area is 280 Å². The number of ether oxygens (including phenoxy) is 1. The smallest absolute Gasteiger partial charge is 0.472 e. The van der Waals surface area contributed by atoms with Crippen LogP contribution in [0, 0.1) is 52.3 Å². The Morgan fingerprint density at radius 1 is 1.04 bits per heavy atom. The molecule has 10 atom stereocenters. The number of carbonyl (C=O) groups is 1. The molecule has 0 aliphatic heterocycles. The van der Waals surface area contributed by atoms with Crippen molar-refractivity contribution < 1.29 is 38.0 Å². The molecule has 4 aliphatic carbocycles. The van der Waals surface area contributed by atoms with Crippen LogP contribution in [-0.2, 0) is 23.1 Å². The third kappa shape index (κ3) is 9.15. The summed E-state index contributed by atoms with van der Waals surface area (Å²) < 4.78 is 28.7. The zero-order valence-electron chi connectivity index (χ0n) is 30.4. The number of likely N-dealkylation sites (N-methyl/N-ethyl adjacent to an activating group) is 1. The first-order valence-electron chi connectivity index (χ1n) is 18.0. The second-order valence-corrected chi connectivity index (χ2v) is 18.3. The number of phosphoric acid groups is 1. The zero-order chi connectivity index (χ0) is 33.2. The van der Waals surface area contributed by atoms with Crippen LogP contribution in [0.5, 0.6) is 0 Å². The van der Waals surface area contributed by atoms with Gasteiger partial charge >= 0.3 is 13.8 Å². The standard InChI is InChI=1S/C37H64NO6P.H2O/c1-10-28(26(2)3)12-11-27(4)32-15-16-33-31-14-13-29-25-30(17-20-36(29,5)34(31)18-21-37(32,33)6)44-35(39)19-23-42-45(40,41)43-24-22-38(7,8)9;/h11-13,26-28,30-34H,10,14-25H2,1-9H3;1H2/t27-,28-,30+,31+,32-,33+,34+,36+,37-;/m1./s1. The lowest BCUT2D eigenvalue weighted by Crippen LogP contribution is -2.51. The van der Waals surface area contributed by atoms with Gasteiger partial charge in [-0.2, -0.15) is 0 Å². The lowest BCUT2D eigenvalue weighted by atomic mass is 9.47. The summed E-state index contributed by atoms with van der Waals surface area (Å²) in [5.41, 5.74) is 2.11. The molecule has 0 spiro atoms. The predicted molar refractivity (Wildman–Crippen MR) is 183 cm³/mol. The third-order valence-electron chi connectivity index (χ3n) is 12.6. The minimum atomic E-state index is -4.19. The van der Waals surface area contributed by atoms with Gasteiger partial charge in [-0.05, 0) is 104 Å². The molecule has 0 aromatic carbocycles. The van der Waals surface area contributed by atoms with Gasteiger partial charge in [0.2, 0.25) is 0 Å². The van der Waals surface area contributed by atoms with Crippen molar-refractivity contribution in [3.8, 4) is 0 Å². The monoisotopic (exact) mass is 667 g/mol.